The van der Waals surface area contributed by atoms with Crippen molar-refractivity contribution in [2.75, 3.05) is 6.54 Å². The van der Waals surface area contributed by atoms with Crippen LogP contribution in [0.25, 0.3) is 0 Å². The van der Waals surface area contributed by atoms with Gasteiger partial charge in [-0.1, -0.05) is 48.0 Å². The Balaban J connectivity index is 2.23. The predicted molar refractivity (Wildman–Crippen MR) is 73.1 cm³/mol. The van der Waals surface area contributed by atoms with Gasteiger partial charge in [0.05, 0.1) is 0 Å². The first-order chi connectivity index (χ1) is 8.70. The highest BCUT2D eigenvalue weighted by atomic mass is 19.1. The lowest BCUT2D eigenvalue weighted by Gasteiger charge is -2.16. The van der Waals surface area contributed by atoms with Crippen molar-refractivity contribution in [1.29, 1.82) is 0 Å². The van der Waals surface area contributed by atoms with E-state index in [9.17, 15) is 4.39 Å². The summed E-state index contributed by atoms with van der Waals surface area (Å²) in [4.78, 5) is 0. The van der Waals surface area contributed by atoms with E-state index < -0.39 is 0 Å². The summed E-state index contributed by atoms with van der Waals surface area (Å²) in [5, 5.41) is 0. The summed E-state index contributed by atoms with van der Waals surface area (Å²) in [6.45, 7) is 2.51. The van der Waals surface area contributed by atoms with Gasteiger partial charge in [0.1, 0.15) is 5.82 Å². The number of hydrogen-bond acceptors (Lipinski definition) is 1. The zero-order valence-electron chi connectivity index (χ0n) is 10.6. The Morgan fingerprint density at radius 2 is 1.89 bits per heavy atom. The smallest absolute Gasteiger partial charge is 0.126 e. The Hall–Kier alpha value is -1.67. The second kappa shape index (κ2) is 5.78. The molecule has 0 aliphatic heterocycles. The summed E-state index contributed by atoms with van der Waals surface area (Å²) in [5.41, 5.74) is 8.92. The van der Waals surface area contributed by atoms with Crippen LogP contribution in [-0.4, -0.2) is 6.54 Å². The molecule has 18 heavy (non-hydrogen) atoms. The van der Waals surface area contributed by atoms with E-state index in [1.54, 1.807) is 6.07 Å². The molecule has 0 aromatic heterocycles. The van der Waals surface area contributed by atoms with E-state index in [-0.39, 0.29) is 11.7 Å². The van der Waals surface area contributed by atoms with Gasteiger partial charge < -0.3 is 5.73 Å². The van der Waals surface area contributed by atoms with Gasteiger partial charge in [-0.2, -0.15) is 0 Å². The van der Waals surface area contributed by atoms with Crippen molar-refractivity contribution in [2.24, 2.45) is 5.73 Å². The molecule has 2 N–H and O–H groups in total. The quantitative estimate of drug-likeness (QED) is 0.874. The third-order valence-corrected chi connectivity index (χ3v) is 3.19. The van der Waals surface area contributed by atoms with Crippen LogP contribution >= 0.6 is 0 Å². The van der Waals surface area contributed by atoms with Gasteiger partial charge in [-0.15, -0.1) is 0 Å². The molecular weight excluding hydrogens is 225 g/mol. The number of aryl methyl sites for hydroxylation is 1. The van der Waals surface area contributed by atoms with Gasteiger partial charge >= 0.3 is 0 Å². The number of halogens is 1. The van der Waals surface area contributed by atoms with Gasteiger partial charge in [-0.25, -0.2) is 4.39 Å². The summed E-state index contributed by atoms with van der Waals surface area (Å²) in [6, 6.07) is 15.2. The Labute approximate surface area is 107 Å². The fourth-order valence-electron chi connectivity index (χ4n) is 2.25. The summed E-state index contributed by atoms with van der Waals surface area (Å²) >= 11 is 0. The highest BCUT2D eigenvalue weighted by Crippen LogP contribution is 2.22. The Bertz CT molecular complexity index is 522. The van der Waals surface area contributed by atoms with Crippen molar-refractivity contribution in [3.05, 3.63) is 71.0 Å². The SMILES string of the molecule is Cc1cccc(CC(CN)c2ccccc2F)c1. The third-order valence-electron chi connectivity index (χ3n) is 3.19. The van der Waals surface area contributed by atoms with E-state index in [1.165, 1.54) is 17.2 Å². The summed E-state index contributed by atoms with van der Waals surface area (Å²) < 4.78 is 13.8. The Morgan fingerprint density at radius 3 is 2.56 bits per heavy atom. The monoisotopic (exact) mass is 243 g/mol. The van der Waals surface area contributed by atoms with Crippen molar-refractivity contribution in [3.8, 4) is 0 Å². The lowest BCUT2D eigenvalue weighted by atomic mass is 9.91. The van der Waals surface area contributed by atoms with Gasteiger partial charge in [0.15, 0.2) is 0 Å². The average molecular weight is 243 g/mol. The predicted octanol–water partition coefficient (Wildman–Crippen LogP) is 3.42. The minimum atomic E-state index is -0.166. The lowest BCUT2D eigenvalue weighted by Crippen LogP contribution is -2.16. The maximum absolute atomic E-state index is 13.8. The van der Waals surface area contributed by atoms with Gasteiger partial charge in [-0.3, -0.25) is 0 Å². The van der Waals surface area contributed by atoms with Gasteiger partial charge in [0, 0.05) is 5.92 Å². The molecule has 2 aromatic carbocycles. The summed E-state index contributed by atoms with van der Waals surface area (Å²) in [7, 11) is 0. The van der Waals surface area contributed by atoms with E-state index in [0.29, 0.717) is 12.1 Å². The minimum absolute atomic E-state index is 0.0352. The van der Waals surface area contributed by atoms with Crippen LogP contribution in [0.2, 0.25) is 0 Å². The molecule has 1 unspecified atom stereocenters. The van der Waals surface area contributed by atoms with Crippen molar-refractivity contribution >= 4 is 0 Å². The van der Waals surface area contributed by atoms with Crippen molar-refractivity contribution in [3.63, 3.8) is 0 Å². The maximum Gasteiger partial charge on any atom is 0.126 e. The number of benzene rings is 2. The molecule has 0 bridgehead atoms. The molecule has 0 spiro atoms. The van der Waals surface area contributed by atoms with Gasteiger partial charge in [-0.05, 0) is 37.1 Å². The van der Waals surface area contributed by atoms with E-state index in [2.05, 4.69) is 25.1 Å². The molecule has 0 fully saturated rings. The zero-order valence-corrected chi connectivity index (χ0v) is 10.6. The number of hydrogen-bond donors (Lipinski definition) is 1. The molecule has 2 rings (SSSR count). The van der Waals surface area contributed by atoms with Crippen LogP contribution in [0.15, 0.2) is 48.5 Å². The standard InChI is InChI=1S/C16H18FN/c1-12-5-4-6-13(9-12)10-14(11-18)15-7-2-3-8-16(15)17/h2-9,14H,10-11,18H2,1H3. The van der Waals surface area contributed by atoms with Crippen molar-refractivity contribution < 1.29 is 4.39 Å². The first-order valence-corrected chi connectivity index (χ1v) is 6.20. The summed E-state index contributed by atoms with van der Waals surface area (Å²) in [6.07, 6.45) is 0.777. The Morgan fingerprint density at radius 1 is 1.11 bits per heavy atom. The third kappa shape index (κ3) is 2.96. The highest BCUT2D eigenvalue weighted by molar-refractivity contribution is 5.28. The van der Waals surface area contributed by atoms with Gasteiger partial charge in [0.2, 0.25) is 0 Å². The van der Waals surface area contributed by atoms with E-state index >= 15 is 0 Å². The molecule has 0 aliphatic carbocycles. The van der Waals surface area contributed by atoms with Crippen LogP contribution in [-0.2, 0) is 6.42 Å². The van der Waals surface area contributed by atoms with Crippen LogP contribution < -0.4 is 5.73 Å². The molecule has 2 aromatic rings. The second-order valence-corrected chi connectivity index (χ2v) is 4.65. The van der Waals surface area contributed by atoms with Crippen molar-refractivity contribution in [2.45, 2.75) is 19.3 Å². The largest absolute Gasteiger partial charge is 0.330 e. The van der Waals surface area contributed by atoms with E-state index in [1.807, 2.05) is 18.2 Å². The number of nitrogens with two attached hydrogens (primary N) is 1. The van der Waals surface area contributed by atoms with E-state index in [0.717, 1.165) is 6.42 Å². The van der Waals surface area contributed by atoms with E-state index in [4.69, 9.17) is 5.73 Å². The summed E-state index contributed by atoms with van der Waals surface area (Å²) in [5.74, 6) is -0.131. The van der Waals surface area contributed by atoms with Crippen LogP contribution in [0.4, 0.5) is 4.39 Å². The molecule has 0 aliphatic rings. The molecule has 0 heterocycles. The maximum atomic E-state index is 13.8. The second-order valence-electron chi connectivity index (χ2n) is 4.65. The normalized spacial score (nSPS) is 12.4. The van der Waals surface area contributed by atoms with Crippen LogP contribution in [0.5, 0.6) is 0 Å². The van der Waals surface area contributed by atoms with Gasteiger partial charge in [0.25, 0.3) is 0 Å². The fourth-order valence-corrected chi connectivity index (χ4v) is 2.25. The van der Waals surface area contributed by atoms with Crippen molar-refractivity contribution in [1.82, 2.24) is 0 Å². The zero-order chi connectivity index (χ0) is 13.0. The Kier molecular flexibility index (Phi) is 4.11. The molecule has 0 amide bonds. The molecule has 0 saturated heterocycles. The molecule has 1 atom stereocenters. The lowest BCUT2D eigenvalue weighted by molar-refractivity contribution is 0.576. The highest BCUT2D eigenvalue weighted by Gasteiger charge is 2.14. The van der Waals surface area contributed by atoms with Crippen LogP contribution in [0.1, 0.15) is 22.6 Å². The molecule has 0 radical (unpaired) electrons. The number of rotatable bonds is 4. The first-order valence-electron chi connectivity index (χ1n) is 6.20. The molecule has 94 valence electrons. The molecular formula is C16H18FN. The average Bonchev–Trinajstić information content (AvgIpc) is 2.37. The van der Waals surface area contributed by atoms with Crippen LogP contribution in [0.3, 0.4) is 0 Å². The molecule has 0 saturated carbocycles. The fraction of sp³-hybridized carbons (Fsp3) is 0.250. The first kappa shape index (κ1) is 12.8. The molecule has 1 nitrogen and oxygen atoms in total. The minimum Gasteiger partial charge on any atom is -0.330 e. The van der Waals surface area contributed by atoms with Crippen LogP contribution in [0, 0.1) is 12.7 Å². The molecule has 2 heteroatoms. The topological polar surface area (TPSA) is 26.0 Å².